The van der Waals surface area contributed by atoms with Crippen molar-refractivity contribution in [3.05, 3.63) is 112 Å². The molecule has 0 unspecified atom stereocenters. The number of fused-ring (bicyclic) bond motifs is 10. The van der Waals surface area contributed by atoms with Gasteiger partial charge in [-0.3, -0.25) is 9.97 Å². The molecule has 0 bridgehead atoms. The summed E-state index contributed by atoms with van der Waals surface area (Å²) in [6, 6.07) is 14.5. The maximum absolute atomic E-state index is 6.87. The first-order valence-electron chi connectivity index (χ1n) is 19.0. The third-order valence-corrected chi connectivity index (χ3v) is 11.4. The fourth-order valence-corrected chi connectivity index (χ4v) is 8.58. The summed E-state index contributed by atoms with van der Waals surface area (Å²) in [5, 5.41) is 0. The van der Waals surface area contributed by atoms with E-state index < -0.39 is 13.4 Å². The molecule has 0 aliphatic carbocycles. The van der Waals surface area contributed by atoms with E-state index in [4.69, 9.17) is 38.9 Å². The van der Waals surface area contributed by atoms with Gasteiger partial charge in [-0.1, -0.05) is 58.2 Å². The second-order valence-corrected chi connectivity index (χ2v) is 15.1. The number of aryl methyl sites for hydroxylation is 2. The molecule has 6 aliphatic rings. The fraction of sp³-hybridized carbons (Fsp3) is 0.0952. The summed E-state index contributed by atoms with van der Waals surface area (Å²) in [5.41, 5.74) is 6.73. The van der Waals surface area contributed by atoms with Gasteiger partial charge in [-0.15, -0.1) is 23.1 Å². The number of pyridine rings is 4. The molecule has 0 radical (unpaired) electrons. The van der Waals surface area contributed by atoms with E-state index in [0.717, 1.165) is 0 Å². The summed E-state index contributed by atoms with van der Waals surface area (Å²) >= 11 is 0. The summed E-state index contributed by atoms with van der Waals surface area (Å²) in [6.45, 7) is 2.73. The number of imidazole rings is 2. The SMILES string of the molecule is CN1C=CN(c2[c-]c3c(nc2)Oc2c4c5c(c6c2B3c2[c-]c(-c3nccn3C)cnc2O6)Oc2ncc(-c3nccn3C)[c-]c2B5c2[c-]c(N3C=CN(C)[CH-]3)cnc2O4)[CH-]1.[Pt].[Pt]. The largest absolute Gasteiger partial charge is 0.510 e. The van der Waals surface area contributed by atoms with Crippen LogP contribution < -0.4 is 61.5 Å². The number of rotatable bonds is 4. The molecule has 62 heavy (non-hydrogen) atoms. The van der Waals surface area contributed by atoms with Crippen molar-refractivity contribution in [1.29, 1.82) is 0 Å². The van der Waals surface area contributed by atoms with E-state index in [1.54, 1.807) is 37.2 Å². The van der Waals surface area contributed by atoms with Crippen LogP contribution in [0.1, 0.15) is 0 Å². The van der Waals surface area contributed by atoms with Gasteiger partial charge in [0, 0.05) is 91.9 Å². The van der Waals surface area contributed by atoms with Gasteiger partial charge in [-0.2, -0.15) is 25.5 Å². The minimum absolute atomic E-state index is 0. The van der Waals surface area contributed by atoms with Crippen molar-refractivity contribution in [2.45, 2.75) is 0 Å². The predicted octanol–water partition coefficient (Wildman–Crippen LogP) is 1.40. The normalized spacial score (nSPS) is 15.2. The van der Waals surface area contributed by atoms with E-state index in [0.29, 0.717) is 113 Å². The van der Waals surface area contributed by atoms with Gasteiger partial charge in [0.1, 0.15) is 11.8 Å². The van der Waals surface area contributed by atoms with Gasteiger partial charge in [0.05, 0.1) is 23.4 Å². The van der Waals surface area contributed by atoms with E-state index in [-0.39, 0.29) is 42.1 Å². The molecule has 0 N–H and O–H groups in total. The van der Waals surface area contributed by atoms with E-state index >= 15 is 0 Å². The number of benzene rings is 1. The second-order valence-electron chi connectivity index (χ2n) is 15.1. The van der Waals surface area contributed by atoms with Crippen LogP contribution in [0.3, 0.4) is 0 Å². The average molecular weight is 1170 g/mol. The third kappa shape index (κ3) is 5.55. The Morgan fingerprint density at radius 2 is 0.855 bits per heavy atom. The van der Waals surface area contributed by atoms with Crippen LogP contribution in [0.5, 0.6) is 46.5 Å². The topological polar surface area (TPSA) is 137 Å². The van der Waals surface area contributed by atoms with Crippen LogP contribution in [-0.4, -0.2) is 76.4 Å². The minimum atomic E-state index is -0.580. The fourth-order valence-electron chi connectivity index (χ4n) is 8.58. The van der Waals surface area contributed by atoms with Crippen LogP contribution >= 0.6 is 0 Å². The summed E-state index contributed by atoms with van der Waals surface area (Å²) in [7, 11) is 7.78. The zero-order valence-corrected chi connectivity index (χ0v) is 37.4. The Morgan fingerprint density at radius 3 is 1.19 bits per heavy atom. The quantitative estimate of drug-likeness (QED) is 0.186. The molecule has 310 valence electrons. The van der Waals surface area contributed by atoms with Crippen molar-refractivity contribution < 1.29 is 61.1 Å². The van der Waals surface area contributed by atoms with E-state index in [9.17, 15) is 0 Å². The van der Waals surface area contributed by atoms with Crippen molar-refractivity contribution in [2.75, 3.05) is 23.9 Å². The summed E-state index contributed by atoms with van der Waals surface area (Å²) < 4.78 is 31.3. The molecule has 0 atom stereocenters. The van der Waals surface area contributed by atoms with Crippen LogP contribution in [0.2, 0.25) is 0 Å². The number of hydrogen-bond acceptors (Lipinski definition) is 14. The maximum atomic E-state index is 6.87. The van der Waals surface area contributed by atoms with Crippen molar-refractivity contribution in [3.63, 3.8) is 0 Å². The number of hydrogen-bond donors (Lipinski definition) is 0. The minimum Gasteiger partial charge on any atom is -0.510 e. The van der Waals surface area contributed by atoms with Crippen LogP contribution in [0, 0.1) is 37.6 Å². The third-order valence-electron chi connectivity index (χ3n) is 11.4. The van der Waals surface area contributed by atoms with E-state index in [2.05, 4.69) is 34.2 Å². The number of aromatic nitrogens is 8. The Kier molecular flexibility index (Phi) is 8.75. The Morgan fingerprint density at radius 1 is 0.484 bits per heavy atom. The monoisotopic (exact) mass is 1170 g/mol. The number of nitrogens with zero attached hydrogens (tertiary/aromatic N) is 12. The molecule has 6 aliphatic heterocycles. The molecule has 16 nitrogen and oxygen atoms in total. The second kappa shape index (κ2) is 14.1. The molecular weight excluding hydrogens is 1150 g/mol. The van der Waals surface area contributed by atoms with Crippen LogP contribution in [-0.2, 0) is 56.2 Å². The van der Waals surface area contributed by atoms with Crippen LogP contribution in [0.15, 0.2) is 74.4 Å². The summed E-state index contributed by atoms with van der Waals surface area (Å²) in [4.78, 5) is 36.6. The zero-order chi connectivity index (χ0) is 40.0. The molecule has 0 saturated carbocycles. The Balaban J connectivity index is 0.00000216. The van der Waals surface area contributed by atoms with Gasteiger partial charge in [0.25, 0.3) is 0 Å². The first kappa shape index (κ1) is 38.5. The van der Waals surface area contributed by atoms with Crippen LogP contribution in [0.4, 0.5) is 11.4 Å². The van der Waals surface area contributed by atoms with Crippen molar-refractivity contribution >= 4 is 57.6 Å². The number of anilines is 2. The molecular formula is C42H26B2N12O4Pt2-6. The molecule has 0 saturated heterocycles. The van der Waals surface area contributed by atoms with Crippen molar-refractivity contribution in [1.82, 2.24) is 48.8 Å². The number of ether oxygens (including phenoxy) is 4. The smallest absolute Gasteiger partial charge is 0.217 e. The van der Waals surface area contributed by atoms with Gasteiger partial charge in [0.15, 0.2) is 23.0 Å². The van der Waals surface area contributed by atoms with Gasteiger partial charge in [0.2, 0.25) is 13.4 Å². The van der Waals surface area contributed by atoms with Gasteiger partial charge >= 0.3 is 0 Å². The molecule has 0 amide bonds. The van der Waals surface area contributed by atoms with Crippen molar-refractivity contribution in [3.8, 4) is 69.3 Å². The van der Waals surface area contributed by atoms with Gasteiger partial charge in [-0.25, -0.2) is 0 Å². The molecule has 6 aromatic heterocycles. The molecule has 1 aromatic carbocycles. The molecule has 0 fully saturated rings. The molecule has 20 heteroatoms. The van der Waals surface area contributed by atoms with Gasteiger partial charge in [-0.05, 0) is 38.9 Å². The summed E-state index contributed by atoms with van der Waals surface area (Å²) in [5.74, 6) is 4.40. The molecule has 12 heterocycles. The van der Waals surface area contributed by atoms with E-state index in [1.807, 2.05) is 107 Å². The van der Waals surface area contributed by atoms with E-state index in [1.165, 1.54) is 0 Å². The summed E-state index contributed by atoms with van der Waals surface area (Å²) in [6.07, 6.45) is 21.9. The molecule has 0 spiro atoms. The van der Waals surface area contributed by atoms with Crippen molar-refractivity contribution in [2.24, 2.45) is 14.1 Å². The maximum Gasteiger partial charge on any atom is 0.217 e. The standard InChI is InChI=1S/C42H26B2N12O4.2Pt/c1-51-9-11-55(21-51)25-15-29-41(49-19-25)59-35-31-33(57-39-27(43(29)31)13-23(17-47-39)37-45-5-7-53(37)3)34-32-36(35)60-42-30(16-26(20-50-42)56-12-10-52(2)22-56)44(32)28-14-24(18-48-40(28)58-34)38-46-6-8-54(38)4;;/h5-12,17-22H,1-4H3;;/q-6;;. The molecule has 13 rings (SSSR count). The first-order chi connectivity index (χ1) is 29.3. The Labute approximate surface area is 384 Å². The Hall–Kier alpha value is -6.37. The van der Waals surface area contributed by atoms with Crippen LogP contribution in [0.25, 0.3) is 22.8 Å². The molecule has 7 aromatic rings. The predicted molar refractivity (Wildman–Crippen MR) is 220 cm³/mol. The average Bonchev–Trinajstić information content (AvgIpc) is 4.10. The first-order valence-corrected chi connectivity index (χ1v) is 19.0. The van der Waals surface area contributed by atoms with Gasteiger partial charge < -0.3 is 67.6 Å². The Bertz CT molecular complexity index is 2880. The zero-order valence-electron chi connectivity index (χ0n) is 32.9.